The number of amides is 1. The highest BCUT2D eigenvalue weighted by Gasteiger charge is 2.29. The van der Waals surface area contributed by atoms with Crippen LogP contribution in [0.4, 0.5) is 20.9 Å². The van der Waals surface area contributed by atoms with E-state index >= 15 is 4.39 Å². The molecule has 8 nitrogen and oxygen atoms in total. The van der Waals surface area contributed by atoms with E-state index in [9.17, 15) is 4.79 Å². The van der Waals surface area contributed by atoms with Crippen molar-refractivity contribution >= 4 is 33.8 Å². The molecule has 5 rings (SSSR count). The van der Waals surface area contributed by atoms with Gasteiger partial charge in [0.25, 0.3) is 5.91 Å². The Morgan fingerprint density at radius 3 is 2.85 bits per heavy atom. The van der Waals surface area contributed by atoms with E-state index < -0.39 is 5.91 Å². The highest BCUT2D eigenvalue weighted by molar-refractivity contribution is 7.19. The first-order valence-corrected chi connectivity index (χ1v) is 12.1. The summed E-state index contributed by atoms with van der Waals surface area (Å²) in [6.07, 6.45) is 6.47. The van der Waals surface area contributed by atoms with E-state index in [1.807, 2.05) is 19.2 Å². The molecule has 2 aliphatic rings. The lowest BCUT2D eigenvalue weighted by Crippen LogP contribution is -2.29. The number of rotatable bonds is 5. The second-order valence-electron chi connectivity index (χ2n) is 8.85. The summed E-state index contributed by atoms with van der Waals surface area (Å²) in [7, 11) is 1.85. The van der Waals surface area contributed by atoms with Crippen molar-refractivity contribution in [2.75, 3.05) is 29.0 Å². The van der Waals surface area contributed by atoms with E-state index in [2.05, 4.69) is 20.3 Å². The Hall–Kier alpha value is -2.98. The maximum atomic E-state index is 15.1. The monoisotopic (exact) mass is 469 g/mol. The number of carbonyl (C=O) groups excluding carboxylic acids is 1. The maximum Gasteiger partial charge on any atom is 0.277 e. The molecule has 1 aliphatic heterocycles. The van der Waals surface area contributed by atoms with Crippen molar-refractivity contribution in [1.29, 1.82) is 0 Å². The summed E-state index contributed by atoms with van der Waals surface area (Å²) in [5, 5.41) is 7.91. The van der Waals surface area contributed by atoms with Crippen LogP contribution in [0.15, 0.2) is 24.4 Å². The number of nitrogen functional groups attached to an aromatic ring is 1. The first-order valence-electron chi connectivity index (χ1n) is 11.3. The van der Waals surface area contributed by atoms with E-state index in [1.165, 1.54) is 0 Å². The minimum atomic E-state index is -0.436. The quantitative estimate of drug-likeness (QED) is 0.525. The molecular weight excluding hydrogens is 441 g/mol. The Bertz CT molecular complexity index is 1190. The minimum Gasteiger partial charge on any atom is -0.389 e. The van der Waals surface area contributed by atoms with E-state index in [1.54, 1.807) is 16.9 Å². The molecular formula is C23H28FN7OS. The normalized spacial score (nSPS) is 18.9. The topological polar surface area (TPSA) is 115 Å². The maximum absolute atomic E-state index is 15.1. The van der Waals surface area contributed by atoms with Gasteiger partial charge in [0.1, 0.15) is 21.5 Å². The van der Waals surface area contributed by atoms with Gasteiger partial charge in [-0.3, -0.25) is 9.48 Å². The van der Waals surface area contributed by atoms with Gasteiger partial charge in [0.2, 0.25) is 0 Å². The molecule has 1 unspecified atom stereocenters. The number of nitrogens with zero attached hydrogens (tertiary/aromatic N) is 4. The van der Waals surface area contributed by atoms with Crippen molar-refractivity contribution in [3.63, 3.8) is 0 Å². The second-order valence-corrected chi connectivity index (χ2v) is 9.88. The van der Waals surface area contributed by atoms with Gasteiger partial charge in [0, 0.05) is 31.7 Å². The van der Waals surface area contributed by atoms with E-state index in [0.717, 1.165) is 62.3 Å². The largest absolute Gasteiger partial charge is 0.389 e. The first-order chi connectivity index (χ1) is 15.9. The molecule has 3 heterocycles. The number of thiazole rings is 1. The molecule has 1 saturated carbocycles. The van der Waals surface area contributed by atoms with Crippen LogP contribution in [0, 0.1) is 5.82 Å². The molecule has 1 saturated heterocycles. The smallest absolute Gasteiger partial charge is 0.277 e. The Kier molecular flexibility index (Phi) is 5.79. The van der Waals surface area contributed by atoms with Crippen molar-refractivity contribution in [2.45, 2.75) is 44.1 Å². The number of hydrogen-bond donors (Lipinski definition) is 3. The summed E-state index contributed by atoms with van der Waals surface area (Å²) in [4.78, 5) is 19.7. The van der Waals surface area contributed by atoms with Crippen LogP contribution in [0.25, 0.3) is 10.6 Å². The zero-order chi connectivity index (χ0) is 23.1. The number of halogens is 1. The number of nitrogens with one attached hydrogen (secondary N) is 1. The second kappa shape index (κ2) is 8.75. The predicted octanol–water partition coefficient (Wildman–Crippen LogP) is 3.71. The van der Waals surface area contributed by atoms with Gasteiger partial charge in [0.15, 0.2) is 11.5 Å². The van der Waals surface area contributed by atoms with Crippen LogP contribution in [0.3, 0.4) is 0 Å². The van der Waals surface area contributed by atoms with Gasteiger partial charge in [-0.1, -0.05) is 23.5 Å². The third kappa shape index (κ3) is 4.32. The number of aryl methyl sites for hydroxylation is 1. The molecule has 1 aliphatic carbocycles. The van der Waals surface area contributed by atoms with Crippen molar-refractivity contribution in [3.05, 3.63) is 41.5 Å². The first kappa shape index (κ1) is 21.8. The highest BCUT2D eigenvalue weighted by Crippen LogP contribution is 2.43. The van der Waals surface area contributed by atoms with Gasteiger partial charge in [-0.05, 0) is 49.7 Å². The molecule has 0 bridgehead atoms. The Balaban J connectivity index is 1.39. The molecule has 1 aromatic carbocycles. The van der Waals surface area contributed by atoms with Gasteiger partial charge >= 0.3 is 0 Å². The summed E-state index contributed by atoms with van der Waals surface area (Å²) in [5.41, 5.74) is 14.1. The van der Waals surface area contributed by atoms with Gasteiger partial charge in [0.05, 0.1) is 6.20 Å². The molecule has 2 fully saturated rings. The Morgan fingerprint density at radius 2 is 2.06 bits per heavy atom. The van der Waals surface area contributed by atoms with Crippen LogP contribution >= 0.6 is 11.3 Å². The molecule has 0 spiro atoms. The fourth-order valence-corrected chi connectivity index (χ4v) is 5.29. The summed E-state index contributed by atoms with van der Waals surface area (Å²) in [6.45, 7) is 1.64. The zero-order valence-corrected chi connectivity index (χ0v) is 19.4. The van der Waals surface area contributed by atoms with Crippen LogP contribution in [0.5, 0.6) is 0 Å². The molecule has 174 valence electrons. The summed E-state index contributed by atoms with van der Waals surface area (Å²) < 4.78 is 16.8. The van der Waals surface area contributed by atoms with Gasteiger partial charge in [-0.25, -0.2) is 9.37 Å². The molecule has 10 heteroatoms. The fourth-order valence-electron chi connectivity index (χ4n) is 4.44. The molecule has 2 aromatic heterocycles. The summed E-state index contributed by atoms with van der Waals surface area (Å²) in [6, 6.07) is 5.53. The number of anilines is 3. The minimum absolute atomic E-state index is 0.0962. The fraction of sp³-hybridized carbons (Fsp3) is 0.435. The number of hydrogen-bond acceptors (Lipinski definition) is 7. The summed E-state index contributed by atoms with van der Waals surface area (Å²) in [5.74, 6) is 0.404. The molecule has 1 amide bonds. The standard InChI is InChI=1S/C23H28FN7OS/c1-30-23(31-10-3-4-14(25)9-11-31)17(12-27-30)28-21(32)19-20(26)33-22(29-19)16-6-2-5-15(18(16)24)13-7-8-13/h2,5-6,12-14H,3-4,7-11,25-26H2,1H3,(H,28,32). The van der Waals surface area contributed by atoms with Crippen molar-refractivity contribution in [3.8, 4) is 10.6 Å². The van der Waals surface area contributed by atoms with Gasteiger partial charge in [-0.15, -0.1) is 0 Å². The third-order valence-electron chi connectivity index (χ3n) is 6.37. The number of aromatic nitrogens is 3. The molecule has 0 radical (unpaired) electrons. The molecule has 3 aromatic rings. The lowest BCUT2D eigenvalue weighted by atomic mass is 10.1. The lowest BCUT2D eigenvalue weighted by molar-refractivity contribution is 0.102. The third-order valence-corrected chi connectivity index (χ3v) is 7.29. The van der Waals surface area contributed by atoms with Crippen LogP contribution in [0.2, 0.25) is 0 Å². The van der Waals surface area contributed by atoms with Gasteiger partial charge in [-0.2, -0.15) is 5.10 Å². The lowest BCUT2D eigenvalue weighted by Gasteiger charge is -2.24. The van der Waals surface area contributed by atoms with Crippen molar-refractivity contribution < 1.29 is 9.18 Å². The average Bonchev–Trinajstić information content (AvgIpc) is 3.51. The summed E-state index contributed by atoms with van der Waals surface area (Å²) >= 11 is 1.12. The van der Waals surface area contributed by atoms with E-state index in [0.29, 0.717) is 21.8 Å². The SMILES string of the molecule is Cn1ncc(NC(=O)c2nc(-c3cccc(C4CC4)c3F)sc2N)c1N1CCCC(N)CC1. The van der Waals surface area contributed by atoms with Gasteiger partial charge < -0.3 is 21.7 Å². The number of nitrogens with two attached hydrogens (primary N) is 2. The van der Waals surface area contributed by atoms with Crippen molar-refractivity contribution in [1.82, 2.24) is 14.8 Å². The van der Waals surface area contributed by atoms with Crippen LogP contribution in [-0.2, 0) is 7.05 Å². The zero-order valence-electron chi connectivity index (χ0n) is 18.6. The van der Waals surface area contributed by atoms with E-state index in [-0.39, 0.29) is 28.5 Å². The Morgan fingerprint density at radius 1 is 1.24 bits per heavy atom. The molecule has 1 atom stereocenters. The highest BCUT2D eigenvalue weighted by atomic mass is 32.1. The molecule has 33 heavy (non-hydrogen) atoms. The number of benzene rings is 1. The number of carbonyl (C=O) groups is 1. The van der Waals surface area contributed by atoms with E-state index in [4.69, 9.17) is 11.5 Å². The van der Waals surface area contributed by atoms with Crippen LogP contribution in [-0.4, -0.2) is 39.8 Å². The predicted molar refractivity (Wildman–Crippen MR) is 129 cm³/mol. The van der Waals surface area contributed by atoms with Crippen molar-refractivity contribution in [2.24, 2.45) is 12.8 Å². The molecule has 5 N–H and O–H groups in total. The van der Waals surface area contributed by atoms with Crippen LogP contribution in [0.1, 0.15) is 54.1 Å². The van der Waals surface area contributed by atoms with Crippen LogP contribution < -0.4 is 21.7 Å². The average molecular weight is 470 g/mol. The Labute approximate surface area is 195 Å².